The molecule has 0 radical (unpaired) electrons. The predicted molar refractivity (Wildman–Crippen MR) is 149 cm³/mol. The third-order valence-electron chi connectivity index (χ3n) is 7.83. The first-order chi connectivity index (χ1) is 17.2. The van der Waals surface area contributed by atoms with Gasteiger partial charge >= 0.3 is 0 Å². The lowest BCUT2D eigenvalue weighted by atomic mass is 9.81. The number of rotatable bonds is 1. The molecule has 0 bridgehead atoms. The molecule has 8 rings (SSSR count). The predicted octanol–water partition coefficient (Wildman–Crippen LogP) is 8.85. The van der Waals surface area contributed by atoms with Gasteiger partial charge in [-0.25, -0.2) is 0 Å². The average Bonchev–Trinajstić information content (AvgIpc) is 3.51. The van der Waals surface area contributed by atoms with Crippen molar-refractivity contribution >= 4 is 53.3 Å². The van der Waals surface area contributed by atoms with Gasteiger partial charge in [-0.2, -0.15) is 0 Å². The number of hydrogen-bond acceptors (Lipinski definition) is 2. The number of benzene rings is 4. The Labute approximate surface area is 207 Å². The van der Waals surface area contributed by atoms with E-state index in [4.69, 9.17) is 0 Å². The fourth-order valence-corrected chi connectivity index (χ4v) is 7.70. The van der Waals surface area contributed by atoms with Gasteiger partial charge in [0.2, 0.25) is 0 Å². The van der Waals surface area contributed by atoms with Gasteiger partial charge in [-0.15, -0.1) is 11.3 Å². The Kier molecular flexibility index (Phi) is 3.64. The zero-order valence-corrected chi connectivity index (χ0v) is 20.4. The summed E-state index contributed by atoms with van der Waals surface area (Å²) in [4.78, 5) is 4.50. The summed E-state index contributed by atoms with van der Waals surface area (Å²) in [7, 11) is 0. The first-order valence-electron chi connectivity index (χ1n) is 12.1. The van der Waals surface area contributed by atoms with E-state index in [9.17, 15) is 0 Å². The molecule has 2 nitrogen and oxygen atoms in total. The minimum Gasteiger partial charge on any atom is -0.307 e. The van der Waals surface area contributed by atoms with E-state index in [-0.39, 0.29) is 5.41 Å². The fraction of sp³-hybridized carbons (Fsp3) is 0.0938. The van der Waals surface area contributed by atoms with Gasteiger partial charge < -0.3 is 4.57 Å². The van der Waals surface area contributed by atoms with Crippen molar-refractivity contribution in [2.45, 2.75) is 19.3 Å². The smallest absolute Gasteiger partial charge is 0.0645 e. The highest BCUT2D eigenvalue weighted by molar-refractivity contribution is 7.27. The maximum absolute atomic E-state index is 4.50. The molecule has 0 atom stereocenters. The van der Waals surface area contributed by atoms with Crippen LogP contribution in [0.1, 0.15) is 25.0 Å². The molecule has 0 unspecified atom stereocenters. The average molecular weight is 467 g/mol. The summed E-state index contributed by atoms with van der Waals surface area (Å²) in [6, 6.07) is 31.0. The molecular weight excluding hydrogens is 444 g/mol. The number of aromatic nitrogens is 2. The molecule has 0 spiro atoms. The van der Waals surface area contributed by atoms with Gasteiger partial charge in [0.25, 0.3) is 0 Å². The van der Waals surface area contributed by atoms with Crippen LogP contribution in [0, 0.1) is 0 Å². The third-order valence-corrected chi connectivity index (χ3v) is 9.02. The lowest BCUT2D eigenvalue weighted by Gasteiger charge is -2.24. The van der Waals surface area contributed by atoms with Gasteiger partial charge in [-0.3, -0.25) is 4.98 Å². The Morgan fingerprint density at radius 3 is 2.40 bits per heavy atom. The highest BCUT2D eigenvalue weighted by atomic mass is 32.1. The van der Waals surface area contributed by atoms with Crippen molar-refractivity contribution in [3.8, 4) is 16.8 Å². The summed E-state index contributed by atoms with van der Waals surface area (Å²) in [5, 5.41) is 5.43. The van der Waals surface area contributed by atoms with Gasteiger partial charge in [0, 0.05) is 42.6 Å². The normalized spacial score (nSPS) is 14.2. The Hall–Kier alpha value is -3.95. The number of nitrogens with zero attached hydrogens (tertiary/aromatic N) is 2. The summed E-state index contributed by atoms with van der Waals surface area (Å²) in [6.45, 7) is 4.78. The molecule has 0 N–H and O–H groups in total. The van der Waals surface area contributed by atoms with E-state index in [2.05, 4.69) is 102 Å². The van der Waals surface area contributed by atoms with E-state index in [0.717, 1.165) is 5.69 Å². The van der Waals surface area contributed by atoms with Crippen molar-refractivity contribution in [3.05, 3.63) is 108 Å². The van der Waals surface area contributed by atoms with E-state index >= 15 is 0 Å². The van der Waals surface area contributed by atoms with Gasteiger partial charge in [0.1, 0.15) is 0 Å². The van der Waals surface area contributed by atoms with Crippen LogP contribution in [0.3, 0.4) is 0 Å². The molecule has 0 saturated heterocycles. The molecule has 1 aliphatic rings. The summed E-state index contributed by atoms with van der Waals surface area (Å²) in [6.07, 6.45) is 3.84. The largest absolute Gasteiger partial charge is 0.307 e. The molecular formula is C32H22N2S. The van der Waals surface area contributed by atoms with Crippen molar-refractivity contribution in [2.75, 3.05) is 0 Å². The van der Waals surface area contributed by atoms with Crippen molar-refractivity contribution < 1.29 is 0 Å². The second-order valence-electron chi connectivity index (χ2n) is 10.0. The zero-order chi connectivity index (χ0) is 23.3. The molecule has 4 aromatic carbocycles. The third kappa shape index (κ3) is 2.32. The Morgan fingerprint density at radius 2 is 1.54 bits per heavy atom. The van der Waals surface area contributed by atoms with Crippen LogP contribution in [0.2, 0.25) is 0 Å². The van der Waals surface area contributed by atoms with E-state index in [1.165, 1.54) is 64.2 Å². The molecule has 7 aromatic rings. The van der Waals surface area contributed by atoms with Crippen LogP contribution in [-0.4, -0.2) is 9.55 Å². The number of hydrogen-bond donors (Lipinski definition) is 0. The van der Waals surface area contributed by atoms with Gasteiger partial charge in [0.15, 0.2) is 0 Å². The van der Waals surface area contributed by atoms with Gasteiger partial charge in [0.05, 0.1) is 22.9 Å². The number of pyridine rings is 1. The molecule has 0 aliphatic heterocycles. The zero-order valence-electron chi connectivity index (χ0n) is 19.5. The monoisotopic (exact) mass is 466 g/mol. The lowest BCUT2D eigenvalue weighted by Crippen LogP contribution is -2.16. The molecule has 3 heterocycles. The first-order valence-corrected chi connectivity index (χ1v) is 12.9. The van der Waals surface area contributed by atoms with E-state index in [0.29, 0.717) is 0 Å². The van der Waals surface area contributed by atoms with Crippen molar-refractivity contribution in [1.29, 1.82) is 0 Å². The first kappa shape index (κ1) is 19.4. The summed E-state index contributed by atoms with van der Waals surface area (Å²) in [5.41, 5.74) is 9.11. The SMILES string of the molecule is CC1(C)c2ccccc2-c2c1c1c(c3ccccc3n1-c1cccnc1)c1sc3ccccc3c21. The van der Waals surface area contributed by atoms with Gasteiger partial charge in [-0.1, -0.05) is 74.5 Å². The maximum Gasteiger partial charge on any atom is 0.0645 e. The summed E-state index contributed by atoms with van der Waals surface area (Å²) >= 11 is 1.93. The summed E-state index contributed by atoms with van der Waals surface area (Å²) in [5.74, 6) is 0. The topological polar surface area (TPSA) is 17.8 Å². The number of thiophene rings is 1. The highest BCUT2D eigenvalue weighted by Crippen LogP contribution is 2.58. The standard InChI is InChI=1S/C32H22N2S/c1-32(2)23-14-6-3-11-20(23)26-27-22-13-5-8-16-25(22)35-31(27)28-21-12-4-7-15-24(21)34(30(28)29(26)32)19-10-9-17-33-18-19/h3-18H,1-2H3. The number of para-hydroxylation sites is 1. The second kappa shape index (κ2) is 6.59. The molecule has 35 heavy (non-hydrogen) atoms. The lowest BCUT2D eigenvalue weighted by molar-refractivity contribution is 0.664. The van der Waals surface area contributed by atoms with E-state index in [1.807, 2.05) is 29.8 Å². The minimum atomic E-state index is -0.129. The van der Waals surface area contributed by atoms with Gasteiger partial charge in [-0.05, 0) is 46.5 Å². The van der Waals surface area contributed by atoms with Crippen LogP contribution in [0.15, 0.2) is 97.3 Å². The molecule has 3 aromatic heterocycles. The Bertz CT molecular complexity index is 1970. The molecule has 166 valence electrons. The Morgan fingerprint density at radius 1 is 0.771 bits per heavy atom. The van der Waals surface area contributed by atoms with E-state index in [1.54, 1.807) is 0 Å². The summed E-state index contributed by atoms with van der Waals surface area (Å²) < 4.78 is 5.18. The number of fused-ring (bicyclic) bond motifs is 12. The molecule has 1 aliphatic carbocycles. The molecule has 0 saturated carbocycles. The molecule has 0 fully saturated rings. The van der Waals surface area contributed by atoms with Crippen LogP contribution >= 0.6 is 11.3 Å². The van der Waals surface area contributed by atoms with Crippen LogP contribution in [0.25, 0.3) is 58.8 Å². The molecule has 3 heteroatoms. The maximum atomic E-state index is 4.50. The van der Waals surface area contributed by atoms with Crippen LogP contribution < -0.4 is 0 Å². The second-order valence-corrected chi connectivity index (χ2v) is 11.1. The van der Waals surface area contributed by atoms with Crippen molar-refractivity contribution in [2.24, 2.45) is 0 Å². The minimum absolute atomic E-state index is 0.129. The Balaban J connectivity index is 1.76. The van der Waals surface area contributed by atoms with Crippen molar-refractivity contribution in [1.82, 2.24) is 9.55 Å². The van der Waals surface area contributed by atoms with E-state index < -0.39 is 0 Å². The quantitative estimate of drug-likeness (QED) is 0.236. The highest BCUT2D eigenvalue weighted by Gasteiger charge is 2.40. The van der Waals surface area contributed by atoms with Crippen LogP contribution in [0.4, 0.5) is 0 Å². The molecule has 0 amide bonds. The van der Waals surface area contributed by atoms with Crippen molar-refractivity contribution in [3.63, 3.8) is 0 Å². The van der Waals surface area contributed by atoms with Crippen LogP contribution in [0.5, 0.6) is 0 Å². The van der Waals surface area contributed by atoms with Crippen LogP contribution in [-0.2, 0) is 5.41 Å². The fourth-order valence-electron chi connectivity index (χ4n) is 6.43.